The Morgan fingerprint density at radius 1 is 1.36 bits per heavy atom. The van der Waals surface area contributed by atoms with Crippen molar-refractivity contribution in [1.82, 2.24) is 0 Å². The molecule has 0 aromatic heterocycles. The number of benzene rings is 1. The number of thioether (sulfide) groups is 1. The molecule has 1 atom stereocenters. The zero-order valence-electron chi connectivity index (χ0n) is 7.91. The van der Waals surface area contributed by atoms with E-state index in [2.05, 4.69) is 40.2 Å². The Balaban J connectivity index is 1.82. The van der Waals surface area contributed by atoms with Gasteiger partial charge in [-0.15, -0.1) is 11.8 Å². The Morgan fingerprint density at radius 3 is 2.79 bits per heavy atom. The molecular weight excluding hydrogens is 260 g/mol. The first kappa shape index (κ1) is 10.5. The van der Waals surface area contributed by atoms with Gasteiger partial charge >= 0.3 is 0 Å². The summed E-state index contributed by atoms with van der Waals surface area (Å²) in [6.07, 6.45) is 2.93. The van der Waals surface area contributed by atoms with E-state index in [0.717, 1.165) is 16.8 Å². The summed E-state index contributed by atoms with van der Waals surface area (Å²) >= 11 is 5.31. The van der Waals surface area contributed by atoms with Crippen molar-refractivity contribution in [3.8, 4) is 0 Å². The number of ether oxygens (including phenoxy) is 1. The summed E-state index contributed by atoms with van der Waals surface area (Å²) in [5, 5.41) is 0. The molecule has 0 saturated carbocycles. The minimum atomic E-state index is 0.476. The van der Waals surface area contributed by atoms with Crippen LogP contribution in [-0.2, 0) is 4.74 Å². The van der Waals surface area contributed by atoms with E-state index in [1.807, 2.05) is 11.8 Å². The second-order valence-corrected chi connectivity index (χ2v) is 5.41. The highest BCUT2D eigenvalue weighted by Gasteiger charge is 2.15. The summed E-state index contributed by atoms with van der Waals surface area (Å²) in [6.45, 7) is 0.950. The van der Waals surface area contributed by atoms with E-state index >= 15 is 0 Å². The zero-order valence-corrected chi connectivity index (χ0v) is 10.3. The predicted molar refractivity (Wildman–Crippen MR) is 63.8 cm³/mol. The van der Waals surface area contributed by atoms with Crippen LogP contribution >= 0.6 is 27.7 Å². The van der Waals surface area contributed by atoms with E-state index in [4.69, 9.17) is 4.74 Å². The van der Waals surface area contributed by atoms with Crippen molar-refractivity contribution < 1.29 is 4.74 Å². The molecule has 0 amide bonds. The molecule has 1 aromatic rings. The van der Waals surface area contributed by atoms with Crippen LogP contribution in [0.2, 0.25) is 0 Å². The number of rotatable bonds is 3. The van der Waals surface area contributed by atoms with Gasteiger partial charge in [0.05, 0.1) is 6.10 Å². The fourth-order valence-corrected chi connectivity index (χ4v) is 2.73. The SMILES string of the molecule is Brc1ccc(SC[C@@H]2CCCO2)cc1. The molecule has 14 heavy (non-hydrogen) atoms. The van der Waals surface area contributed by atoms with Crippen molar-refractivity contribution in [3.63, 3.8) is 0 Å². The molecule has 0 unspecified atom stereocenters. The summed E-state index contributed by atoms with van der Waals surface area (Å²) in [7, 11) is 0. The Bertz CT molecular complexity index is 280. The van der Waals surface area contributed by atoms with Gasteiger partial charge in [-0.05, 0) is 37.1 Å². The quantitative estimate of drug-likeness (QED) is 0.776. The fraction of sp³-hybridized carbons (Fsp3) is 0.455. The molecular formula is C11H13BrOS. The van der Waals surface area contributed by atoms with Gasteiger partial charge in [0.25, 0.3) is 0 Å². The van der Waals surface area contributed by atoms with Crippen LogP contribution in [0, 0.1) is 0 Å². The molecule has 1 saturated heterocycles. The van der Waals surface area contributed by atoms with Gasteiger partial charge in [-0.3, -0.25) is 0 Å². The van der Waals surface area contributed by atoms with Crippen LogP contribution in [0.3, 0.4) is 0 Å². The number of halogens is 1. The average molecular weight is 273 g/mol. The van der Waals surface area contributed by atoms with E-state index < -0.39 is 0 Å². The molecule has 1 heterocycles. The van der Waals surface area contributed by atoms with Crippen molar-refractivity contribution in [3.05, 3.63) is 28.7 Å². The molecule has 1 fully saturated rings. The van der Waals surface area contributed by atoms with E-state index in [1.54, 1.807) is 0 Å². The van der Waals surface area contributed by atoms with Gasteiger partial charge in [-0.25, -0.2) is 0 Å². The maximum atomic E-state index is 5.57. The smallest absolute Gasteiger partial charge is 0.0669 e. The molecule has 1 aromatic carbocycles. The molecule has 76 valence electrons. The molecule has 1 aliphatic heterocycles. The molecule has 3 heteroatoms. The van der Waals surface area contributed by atoms with Gasteiger partial charge in [-0.1, -0.05) is 15.9 Å². The summed E-state index contributed by atoms with van der Waals surface area (Å²) in [5.74, 6) is 1.08. The van der Waals surface area contributed by atoms with E-state index in [-0.39, 0.29) is 0 Å². The third-order valence-electron chi connectivity index (χ3n) is 2.27. The van der Waals surface area contributed by atoms with Gasteiger partial charge in [0, 0.05) is 21.7 Å². The largest absolute Gasteiger partial charge is 0.377 e. The van der Waals surface area contributed by atoms with E-state index in [9.17, 15) is 0 Å². The number of hydrogen-bond donors (Lipinski definition) is 0. The lowest BCUT2D eigenvalue weighted by Gasteiger charge is -2.08. The minimum Gasteiger partial charge on any atom is -0.377 e. The Morgan fingerprint density at radius 2 is 2.14 bits per heavy atom. The molecule has 0 radical (unpaired) electrons. The lowest BCUT2D eigenvalue weighted by molar-refractivity contribution is 0.129. The third-order valence-corrected chi connectivity index (χ3v) is 3.95. The molecule has 2 rings (SSSR count). The number of hydrogen-bond acceptors (Lipinski definition) is 2. The standard InChI is InChI=1S/C11H13BrOS/c12-9-3-5-11(6-4-9)14-8-10-2-1-7-13-10/h3-6,10H,1-2,7-8H2/t10-/m0/s1. The van der Waals surface area contributed by atoms with Crippen LogP contribution in [0.15, 0.2) is 33.6 Å². The zero-order chi connectivity index (χ0) is 9.80. The van der Waals surface area contributed by atoms with Crippen molar-refractivity contribution in [2.45, 2.75) is 23.8 Å². The van der Waals surface area contributed by atoms with E-state index in [1.165, 1.54) is 17.7 Å². The fourth-order valence-electron chi connectivity index (χ4n) is 1.50. The monoisotopic (exact) mass is 272 g/mol. The summed E-state index contributed by atoms with van der Waals surface area (Å²) < 4.78 is 6.71. The molecule has 0 aliphatic carbocycles. The first-order valence-corrected chi connectivity index (χ1v) is 6.62. The maximum absolute atomic E-state index is 5.57. The maximum Gasteiger partial charge on any atom is 0.0669 e. The lowest BCUT2D eigenvalue weighted by atomic mass is 10.3. The Labute approximate surface area is 97.4 Å². The van der Waals surface area contributed by atoms with Crippen LogP contribution in [-0.4, -0.2) is 18.5 Å². The highest BCUT2D eigenvalue weighted by atomic mass is 79.9. The molecule has 1 aliphatic rings. The van der Waals surface area contributed by atoms with Crippen LogP contribution < -0.4 is 0 Å². The van der Waals surface area contributed by atoms with Crippen LogP contribution in [0.1, 0.15) is 12.8 Å². The van der Waals surface area contributed by atoms with Gasteiger partial charge < -0.3 is 4.74 Å². The second-order valence-electron chi connectivity index (χ2n) is 3.40. The van der Waals surface area contributed by atoms with Crippen LogP contribution in [0.5, 0.6) is 0 Å². The van der Waals surface area contributed by atoms with Crippen molar-refractivity contribution in [2.75, 3.05) is 12.4 Å². The van der Waals surface area contributed by atoms with E-state index in [0.29, 0.717) is 6.10 Å². The van der Waals surface area contributed by atoms with Gasteiger partial charge in [0.1, 0.15) is 0 Å². The van der Waals surface area contributed by atoms with Crippen LogP contribution in [0.25, 0.3) is 0 Å². The molecule has 0 bridgehead atoms. The highest BCUT2D eigenvalue weighted by Crippen LogP contribution is 2.24. The topological polar surface area (TPSA) is 9.23 Å². The summed E-state index contributed by atoms with van der Waals surface area (Å²) in [5.41, 5.74) is 0. The first-order valence-electron chi connectivity index (χ1n) is 4.84. The molecule has 0 N–H and O–H groups in total. The molecule has 1 nitrogen and oxygen atoms in total. The summed E-state index contributed by atoms with van der Waals surface area (Å²) in [6, 6.07) is 8.45. The van der Waals surface area contributed by atoms with Gasteiger partial charge in [0.2, 0.25) is 0 Å². The lowest BCUT2D eigenvalue weighted by Crippen LogP contribution is -2.07. The Kier molecular flexibility index (Phi) is 3.90. The predicted octanol–water partition coefficient (Wildman–Crippen LogP) is 3.72. The summed E-state index contributed by atoms with van der Waals surface area (Å²) in [4.78, 5) is 1.32. The van der Waals surface area contributed by atoms with Crippen molar-refractivity contribution in [1.29, 1.82) is 0 Å². The van der Waals surface area contributed by atoms with Gasteiger partial charge in [0.15, 0.2) is 0 Å². The molecule has 0 spiro atoms. The minimum absolute atomic E-state index is 0.476. The normalized spacial score (nSPS) is 21.4. The van der Waals surface area contributed by atoms with Crippen LogP contribution in [0.4, 0.5) is 0 Å². The first-order chi connectivity index (χ1) is 6.84. The van der Waals surface area contributed by atoms with Crippen molar-refractivity contribution in [2.24, 2.45) is 0 Å². The average Bonchev–Trinajstić information content (AvgIpc) is 2.70. The van der Waals surface area contributed by atoms with Crippen molar-refractivity contribution >= 4 is 27.7 Å². The third kappa shape index (κ3) is 3.01. The second kappa shape index (κ2) is 5.19. The highest BCUT2D eigenvalue weighted by molar-refractivity contribution is 9.10. The Hall–Kier alpha value is 0.01000. The van der Waals surface area contributed by atoms with Gasteiger partial charge in [-0.2, -0.15) is 0 Å².